The minimum absolute atomic E-state index is 0.0454. The van der Waals surface area contributed by atoms with Crippen LogP contribution in [0.15, 0.2) is 25.3 Å². The molecule has 5 atom stereocenters. The summed E-state index contributed by atoms with van der Waals surface area (Å²) in [5, 5.41) is 9.50. The summed E-state index contributed by atoms with van der Waals surface area (Å²) in [6.07, 6.45) is 8.38. The first-order valence-electron chi connectivity index (χ1n) is 12.6. The summed E-state index contributed by atoms with van der Waals surface area (Å²) in [4.78, 5) is 46.7. The van der Waals surface area contributed by atoms with E-state index in [4.69, 9.17) is 0 Å². The third-order valence-electron chi connectivity index (χ3n) is 7.81. The third-order valence-corrected chi connectivity index (χ3v) is 9.79. The van der Waals surface area contributed by atoms with Crippen LogP contribution in [0.2, 0.25) is 0 Å². The average Bonchev–Trinajstić information content (AvgIpc) is 3.37. The van der Waals surface area contributed by atoms with Gasteiger partial charge in [-0.1, -0.05) is 31.9 Å². The van der Waals surface area contributed by atoms with E-state index in [1.54, 1.807) is 40.8 Å². The minimum Gasteiger partial charge on any atom is -0.396 e. The lowest BCUT2D eigenvalue weighted by Gasteiger charge is -2.37. The van der Waals surface area contributed by atoms with Crippen LogP contribution in [-0.4, -0.2) is 92.9 Å². The van der Waals surface area contributed by atoms with Crippen molar-refractivity contribution >= 4 is 29.5 Å². The van der Waals surface area contributed by atoms with E-state index in [-0.39, 0.29) is 29.1 Å². The van der Waals surface area contributed by atoms with Crippen LogP contribution in [-0.2, 0) is 14.4 Å². The maximum Gasteiger partial charge on any atom is 0.247 e. The number of likely N-dealkylation sites (N-methyl/N-ethyl adjacent to an activating group) is 1. The Kier molecular flexibility index (Phi) is 8.56. The molecule has 3 amide bonds. The molecule has 3 saturated heterocycles. The second-order valence-electron chi connectivity index (χ2n) is 10.1. The highest BCUT2D eigenvalue weighted by molar-refractivity contribution is 8.02. The largest absolute Gasteiger partial charge is 0.396 e. The molecule has 3 fully saturated rings. The monoisotopic (exact) mass is 491 g/mol. The van der Waals surface area contributed by atoms with E-state index in [0.29, 0.717) is 32.6 Å². The van der Waals surface area contributed by atoms with Crippen LogP contribution in [0.1, 0.15) is 52.4 Å². The number of hydrogen-bond acceptors (Lipinski definition) is 5. The van der Waals surface area contributed by atoms with E-state index in [1.807, 2.05) is 4.90 Å². The Balaban J connectivity index is 2.01. The lowest BCUT2D eigenvalue weighted by molar-refractivity contribution is -0.145. The number of hydrogen-bond donors (Lipinski definition) is 1. The summed E-state index contributed by atoms with van der Waals surface area (Å²) in [5.41, 5.74) is 0. The molecule has 3 heterocycles. The topological polar surface area (TPSA) is 81.2 Å². The molecule has 0 saturated carbocycles. The molecule has 0 aliphatic carbocycles. The quantitative estimate of drug-likeness (QED) is 0.317. The molecule has 0 aromatic rings. The number of unbranched alkanes of at least 4 members (excludes halogenated alkanes) is 2. The number of thioether (sulfide) groups is 1. The van der Waals surface area contributed by atoms with E-state index >= 15 is 0 Å². The van der Waals surface area contributed by atoms with Gasteiger partial charge in [-0.2, -0.15) is 0 Å². The molecule has 0 radical (unpaired) electrons. The first-order chi connectivity index (χ1) is 16.2. The maximum absolute atomic E-state index is 14.1. The molecule has 34 heavy (non-hydrogen) atoms. The molecular formula is C26H41N3O4S. The summed E-state index contributed by atoms with van der Waals surface area (Å²) in [6, 6.07) is -0.618. The normalized spacial score (nSPS) is 31.5. The Labute approximate surface area is 208 Å². The molecule has 2 bridgehead atoms. The molecule has 0 aromatic carbocycles. The van der Waals surface area contributed by atoms with E-state index in [2.05, 4.69) is 27.0 Å². The molecule has 7 nitrogen and oxygen atoms in total. The number of nitrogens with zero attached hydrogens (tertiary/aromatic N) is 3. The van der Waals surface area contributed by atoms with E-state index in [0.717, 1.165) is 32.1 Å². The molecule has 3 aliphatic rings. The van der Waals surface area contributed by atoms with Crippen molar-refractivity contribution < 1.29 is 19.5 Å². The third kappa shape index (κ3) is 4.43. The standard InChI is InChI=1S/C26H41N3O4S/c1-6-9-10-16-28(15-8-3)24(33)21-26-13-12-25(4,34-26)19(22(31)27(5)14-7-2)20(26)23(32)29(21)17-11-18-30/h7-8,19-21,30H,2-3,6,9-18H2,1,4-5H3/t19-,20-,21?,25+,26?/m0/s1. The zero-order valence-corrected chi connectivity index (χ0v) is 21.8. The summed E-state index contributed by atoms with van der Waals surface area (Å²) in [6.45, 7) is 13.6. The number of carbonyl (C=O) groups excluding carboxylic acids is 3. The van der Waals surface area contributed by atoms with Gasteiger partial charge in [-0.25, -0.2) is 0 Å². The highest BCUT2D eigenvalue weighted by Crippen LogP contribution is 2.71. The van der Waals surface area contributed by atoms with Crippen molar-refractivity contribution in [3.8, 4) is 0 Å². The fourth-order valence-electron chi connectivity index (χ4n) is 6.26. The van der Waals surface area contributed by atoms with Gasteiger partial charge < -0.3 is 19.8 Å². The van der Waals surface area contributed by atoms with Gasteiger partial charge in [-0.3, -0.25) is 14.4 Å². The summed E-state index contributed by atoms with van der Waals surface area (Å²) in [5.74, 6) is -1.19. The van der Waals surface area contributed by atoms with Crippen molar-refractivity contribution in [1.29, 1.82) is 0 Å². The Bertz CT molecular complexity index is 820. The number of aliphatic hydroxyl groups is 1. The zero-order chi connectivity index (χ0) is 25.1. The first kappa shape index (κ1) is 26.8. The van der Waals surface area contributed by atoms with Crippen LogP contribution in [0.25, 0.3) is 0 Å². The number of rotatable bonds is 13. The molecule has 1 N–H and O–H groups in total. The van der Waals surface area contributed by atoms with Crippen molar-refractivity contribution in [1.82, 2.24) is 14.7 Å². The predicted molar refractivity (Wildman–Crippen MR) is 136 cm³/mol. The second-order valence-corrected chi connectivity index (χ2v) is 12.0. The number of amides is 3. The molecule has 8 heteroatoms. The molecule has 2 unspecified atom stereocenters. The lowest BCUT2D eigenvalue weighted by Crippen LogP contribution is -2.55. The van der Waals surface area contributed by atoms with Crippen LogP contribution in [0, 0.1) is 11.8 Å². The molecule has 3 rings (SSSR count). The van der Waals surface area contributed by atoms with Crippen LogP contribution >= 0.6 is 11.8 Å². The van der Waals surface area contributed by atoms with Gasteiger partial charge >= 0.3 is 0 Å². The van der Waals surface area contributed by atoms with Crippen LogP contribution in [0.5, 0.6) is 0 Å². The van der Waals surface area contributed by atoms with Gasteiger partial charge in [-0.05, 0) is 32.6 Å². The number of likely N-dealkylation sites (tertiary alicyclic amines) is 1. The smallest absolute Gasteiger partial charge is 0.247 e. The van der Waals surface area contributed by atoms with Crippen LogP contribution < -0.4 is 0 Å². The van der Waals surface area contributed by atoms with Crippen molar-refractivity contribution in [3.05, 3.63) is 25.3 Å². The molecule has 3 aliphatic heterocycles. The Morgan fingerprint density at radius 3 is 2.50 bits per heavy atom. The Hall–Kier alpha value is -1.80. The van der Waals surface area contributed by atoms with Crippen LogP contribution in [0.4, 0.5) is 0 Å². The summed E-state index contributed by atoms with van der Waals surface area (Å²) in [7, 11) is 1.75. The van der Waals surface area contributed by atoms with Gasteiger partial charge in [0.2, 0.25) is 17.7 Å². The van der Waals surface area contributed by atoms with Gasteiger partial charge in [0.1, 0.15) is 6.04 Å². The van der Waals surface area contributed by atoms with Gasteiger partial charge in [0.25, 0.3) is 0 Å². The number of carbonyl (C=O) groups is 3. The molecular weight excluding hydrogens is 450 g/mol. The maximum atomic E-state index is 14.1. The molecule has 0 aromatic heterocycles. The highest BCUT2D eigenvalue weighted by Gasteiger charge is 2.77. The van der Waals surface area contributed by atoms with E-state index in [9.17, 15) is 19.5 Å². The van der Waals surface area contributed by atoms with Gasteiger partial charge in [0.15, 0.2) is 0 Å². The minimum atomic E-state index is -0.618. The van der Waals surface area contributed by atoms with Gasteiger partial charge in [0, 0.05) is 44.6 Å². The van der Waals surface area contributed by atoms with E-state index in [1.165, 1.54) is 0 Å². The first-order valence-corrected chi connectivity index (χ1v) is 13.4. The SMILES string of the molecule is C=CCN(C)C(=O)[C@@H]1[C@H]2C(=O)N(CCCO)C(C(=O)N(CC=C)CCCCC)C23CC[C@@]1(C)S3. The van der Waals surface area contributed by atoms with Gasteiger partial charge in [0.05, 0.1) is 16.6 Å². The van der Waals surface area contributed by atoms with Crippen molar-refractivity contribution in [2.75, 3.05) is 39.8 Å². The predicted octanol–water partition coefficient (Wildman–Crippen LogP) is 2.70. The molecule has 1 spiro atoms. The summed E-state index contributed by atoms with van der Waals surface area (Å²) >= 11 is 1.69. The molecule has 190 valence electrons. The highest BCUT2D eigenvalue weighted by atomic mass is 32.2. The second kappa shape index (κ2) is 10.9. The van der Waals surface area contributed by atoms with Crippen molar-refractivity contribution in [2.24, 2.45) is 11.8 Å². The Morgan fingerprint density at radius 2 is 1.88 bits per heavy atom. The number of fused-ring (bicyclic) bond motifs is 1. The Morgan fingerprint density at radius 1 is 1.18 bits per heavy atom. The zero-order valence-electron chi connectivity index (χ0n) is 21.0. The average molecular weight is 492 g/mol. The fraction of sp³-hybridized carbons (Fsp3) is 0.731. The van der Waals surface area contributed by atoms with Crippen LogP contribution in [0.3, 0.4) is 0 Å². The summed E-state index contributed by atoms with van der Waals surface area (Å²) < 4.78 is -0.988. The lowest BCUT2D eigenvalue weighted by atomic mass is 9.66. The number of aliphatic hydroxyl groups excluding tert-OH is 1. The van der Waals surface area contributed by atoms with Crippen molar-refractivity contribution in [3.63, 3.8) is 0 Å². The van der Waals surface area contributed by atoms with Gasteiger partial charge in [-0.15, -0.1) is 24.9 Å². The van der Waals surface area contributed by atoms with E-state index < -0.39 is 22.6 Å². The fourth-order valence-corrected chi connectivity index (χ4v) is 8.60. The van der Waals surface area contributed by atoms with Crippen molar-refractivity contribution in [2.45, 2.75) is 67.9 Å².